The van der Waals surface area contributed by atoms with E-state index in [0.29, 0.717) is 37.8 Å². The fourth-order valence-corrected chi connectivity index (χ4v) is 4.75. The Hall–Kier alpha value is -2.52. The van der Waals surface area contributed by atoms with Gasteiger partial charge in [0.1, 0.15) is 0 Å². The molecule has 136 valence electrons. The number of carbonyl (C=O) groups is 1. The minimum Gasteiger partial charge on any atom is -0.338 e. The lowest BCUT2D eigenvalue weighted by atomic mass is 10.0. The largest absolute Gasteiger partial charge is 0.338 e. The minimum absolute atomic E-state index is 0.106. The highest BCUT2D eigenvalue weighted by Gasteiger charge is 2.32. The predicted molar refractivity (Wildman–Crippen MR) is 96.5 cm³/mol. The highest BCUT2D eigenvalue weighted by atomic mass is 32.2. The van der Waals surface area contributed by atoms with Crippen LogP contribution >= 0.6 is 0 Å². The van der Waals surface area contributed by atoms with Gasteiger partial charge in [0.2, 0.25) is 21.9 Å². The molecule has 1 aromatic carbocycles. The fraction of sp³-hybridized carbons (Fsp3) is 0.353. The molecule has 4 rings (SSSR count). The number of fused-ring (bicyclic) bond motifs is 1. The van der Waals surface area contributed by atoms with Gasteiger partial charge in [0.15, 0.2) is 0 Å². The number of hydrogen-bond donors (Lipinski definition) is 1. The summed E-state index contributed by atoms with van der Waals surface area (Å²) in [5.74, 6) is 0.166. The van der Waals surface area contributed by atoms with Gasteiger partial charge in [-0.2, -0.15) is 4.31 Å². The van der Waals surface area contributed by atoms with Gasteiger partial charge in [-0.15, -0.1) is 0 Å². The second kappa shape index (κ2) is 6.33. The van der Waals surface area contributed by atoms with Crippen LogP contribution in [-0.4, -0.2) is 54.8 Å². The highest BCUT2D eigenvalue weighted by molar-refractivity contribution is 7.89. The van der Waals surface area contributed by atoms with Crippen LogP contribution < -0.4 is 10.2 Å². The van der Waals surface area contributed by atoms with Crippen molar-refractivity contribution < 1.29 is 13.2 Å². The van der Waals surface area contributed by atoms with Gasteiger partial charge in [0, 0.05) is 44.3 Å². The maximum atomic E-state index is 13.0. The van der Waals surface area contributed by atoms with E-state index in [9.17, 15) is 13.2 Å². The molecule has 26 heavy (non-hydrogen) atoms. The fourth-order valence-electron chi connectivity index (χ4n) is 3.29. The molecule has 0 bridgehead atoms. The second-order valence-corrected chi connectivity index (χ2v) is 8.34. The summed E-state index contributed by atoms with van der Waals surface area (Å²) < 4.78 is 27.5. The van der Waals surface area contributed by atoms with E-state index in [0.717, 1.165) is 5.56 Å². The van der Waals surface area contributed by atoms with E-state index in [4.69, 9.17) is 0 Å². The van der Waals surface area contributed by atoms with E-state index in [1.165, 1.54) is 4.31 Å². The number of nitrogens with one attached hydrogen (secondary N) is 1. The van der Waals surface area contributed by atoms with Crippen molar-refractivity contribution in [2.75, 3.05) is 36.4 Å². The number of benzene rings is 1. The molecule has 8 nitrogen and oxygen atoms in total. The Morgan fingerprint density at radius 2 is 1.81 bits per heavy atom. The van der Waals surface area contributed by atoms with Gasteiger partial charge in [-0.05, 0) is 36.8 Å². The summed E-state index contributed by atoms with van der Waals surface area (Å²) in [6.45, 7) is 3.57. The van der Waals surface area contributed by atoms with Crippen LogP contribution in [0.3, 0.4) is 0 Å². The predicted octanol–water partition coefficient (Wildman–Crippen LogP) is 1.04. The molecule has 2 aliphatic heterocycles. The van der Waals surface area contributed by atoms with Crippen molar-refractivity contribution in [1.29, 1.82) is 0 Å². The van der Waals surface area contributed by atoms with Crippen molar-refractivity contribution in [1.82, 2.24) is 14.3 Å². The first-order valence-electron chi connectivity index (χ1n) is 8.44. The third kappa shape index (κ3) is 2.82. The molecule has 1 amide bonds. The van der Waals surface area contributed by atoms with E-state index >= 15 is 0 Å². The molecule has 1 aromatic heterocycles. The number of carbonyl (C=O) groups excluding carboxylic acids is 1. The number of aromatic nitrogens is 2. The van der Waals surface area contributed by atoms with Crippen molar-refractivity contribution in [3.63, 3.8) is 0 Å². The molecule has 0 radical (unpaired) electrons. The normalized spacial score (nSPS) is 20.7. The maximum absolute atomic E-state index is 13.0. The summed E-state index contributed by atoms with van der Waals surface area (Å²) in [4.78, 5) is 22.4. The smallest absolute Gasteiger partial charge is 0.243 e. The van der Waals surface area contributed by atoms with E-state index < -0.39 is 10.0 Å². The van der Waals surface area contributed by atoms with Gasteiger partial charge in [-0.25, -0.2) is 18.4 Å². The summed E-state index contributed by atoms with van der Waals surface area (Å²) in [6, 6.07) is 6.58. The average Bonchev–Trinajstić information content (AvgIpc) is 2.96. The van der Waals surface area contributed by atoms with Crippen LogP contribution in [0.25, 0.3) is 0 Å². The zero-order valence-electron chi connectivity index (χ0n) is 14.3. The average molecular weight is 373 g/mol. The van der Waals surface area contributed by atoms with Gasteiger partial charge < -0.3 is 10.2 Å². The highest BCUT2D eigenvalue weighted by Crippen LogP contribution is 2.34. The Bertz CT molecular complexity index is 940. The zero-order valence-corrected chi connectivity index (χ0v) is 15.1. The molecule has 0 spiro atoms. The Morgan fingerprint density at radius 1 is 1.12 bits per heavy atom. The second-order valence-electron chi connectivity index (χ2n) is 6.40. The Kier molecular flexibility index (Phi) is 4.12. The number of rotatable bonds is 3. The quantitative estimate of drug-likeness (QED) is 0.864. The number of piperazine rings is 1. The molecular weight excluding hydrogens is 354 g/mol. The van der Waals surface area contributed by atoms with Gasteiger partial charge in [-0.3, -0.25) is 4.79 Å². The lowest BCUT2D eigenvalue weighted by Gasteiger charge is -2.33. The topological polar surface area (TPSA) is 95.5 Å². The SMILES string of the molecule is C[C@H]1C(=O)Nc2ccc(S(=O)(=O)N3CCN(c4ncccn4)CC3)cc21. The van der Waals surface area contributed by atoms with Crippen molar-refractivity contribution in [3.8, 4) is 0 Å². The van der Waals surface area contributed by atoms with E-state index in [-0.39, 0.29) is 16.7 Å². The third-order valence-electron chi connectivity index (χ3n) is 4.85. The number of anilines is 2. The molecule has 1 fully saturated rings. The first kappa shape index (κ1) is 16.9. The van der Waals surface area contributed by atoms with Crippen LogP contribution in [0.2, 0.25) is 0 Å². The molecule has 0 unspecified atom stereocenters. The van der Waals surface area contributed by atoms with Crippen LogP contribution in [0.15, 0.2) is 41.6 Å². The standard InChI is InChI=1S/C17H19N5O3S/c1-12-14-11-13(3-4-15(14)20-16(12)23)26(24,25)22-9-7-21(8-10-22)17-18-5-2-6-19-17/h2-6,11-12H,7-10H2,1H3,(H,20,23)/t12-/m1/s1. The van der Waals surface area contributed by atoms with Crippen molar-refractivity contribution in [3.05, 3.63) is 42.2 Å². The summed E-state index contributed by atoms with van der Waals surface area (Å²) >= 11 is 0. The first-order valence-corrected chi connectivity index (χ1v) is 9.88. The lowest BCUT2D eigenvalue weighted by molar-refractivity contribution is -0.116. The Balaban J connectivity index is 1.53. The zero-order chi connectivity index (χ0) is 18.3. The van der Waals surface area contributed by atoms with Crippen LogP contribution in [0.1, 0.15) is 18.4 Å². The Morgan fingerprint density at radius 3 is 2.50 bits per heavy atom. The molecule has 0 saturated carbocycles. The molecule has 2 aromatic rings. The van der Waals surface area contributed by atoms with Gasteiger partial charge in [-0.1, -0.05) is 0 Å². The number of hydrogen-bond acceptors (Lipinski definition) is 6. The van der Waals surface area contributed by atoms with E-state index in [1.54, 1.807) is 43.6 Å². The third-order valence-corrected chi connectivity index (χ3v) is 6.75. The summed E-state index contributed by atoms with van der Waals surface area (Å²) in [5.41, 5.74) is 1.42. The molecular formula is C17H19N5O3S. The molecule has 3 heterocycles. The number of amides is 1. The molecule has 1 atom stereocenters. The summed E-state index contributed by atoms with van der Waals surface area (Å²) in [6.07, 6.45) is 3.35. The van der Waals surface area contributed by atoms with Crippen molar-refractivity contribution in [2.24, 2.45) is 0 Å². The first-order chi connectivity index (χ1) is 12.5. The van der Waals surface area contributed by atoms with E-state index in [2.05, 4.69) is 15.3 Å². The van der Waals surface area contributed by atoms with Crippen molar-refractivity contribution >= 4 is 27.6 Å². The van der Waals surface area contributed by atoms with E-state index in [1.807, 2.05) is 4.90 Å². The van der Waals surface area contributed by atoms with Gasteiger partial charge >= 0.3 is 0 Å². The van der Waals surface area contributed by atoms with Crippen LogP contribution in [-0.2, 0) is 14.8 Å². The number of nitrogens with zero attached hydrogens (tertiary/aromatic N) is 4. The molecule has 2 aliphatic rings. The van der Waals surface area contributed by atoms with Gasteiger partial charge in [0.05, 0.1) is 10.8 Å². The van der Waals surface area contributed by atoms with Crippen LogP contribution in [0.5, 0.6) is 0 Å². The maximum Gasteiger partial charge on any atom is 0.243 e. The lowest BCUT2D eigenvalue weighted by Crippen LogP contribution is -2.49. The summed E-state index contributed by atoms with van der Waals surface area (Å²) in [7, 11) is -3.60. The minimum atomic E-state index is -3.60. The van der Waals surface area contributed by atoms with Crippen molar-refractivity contribution in [2.45, 2.75) is 17.7 Å². The van der Waals surface area contributed by atoms with Crippen LogP contribution in [0.4, 0.5) is 11.6 Å². The van der Waals surface area contributed by atoms with Gasteiger partial charge in [0.25, 0.3) is 0 Å². The molecule has 9 heteroatoms. The number of sulfonamides is 1. The molecule has 1 N–H and O–H groups in total. The van der Waals surface area contributed by atoms with Crippen LogP contribution in [0, 0.1) is 0 Å². The molecule has 0 aliphatic carbocycles. The Labute approximate surface area is 151 Å². The monoisotopic (exact) mass is 373 g/mol. The summed E-state index contributed by atoms with van der Waals surface area (Å²) in [5, 5.41) is 2.76. The molecule has 1 saturated heterocycles.